The van der Waals surface area contributed by atoms with E-state index in [1.807, 2.05) is 14.0 Å². The van der Waals surface area contributed by atoms with Crippen LogP contribution < -0.4 is 0 Å². The molecule has 0 radical (unpaired) electrons. The van der Waals surface area contributed by atoms with E-state index in [0.717, 1.165) is 38.5 Å². The van der Waals surface area contributed by atoms with Gasteiger partial charge in [-0.05, 0) is 118 Å². The molecule has 0 aromatic carbocycles. The third kappa shape index (κ3) is 4.45. The first-order valence-electron chi connectivity index (χ1n) is 15.1. The number of rotatable bonds is 6. The highest BCUT2D eigenvalue weighted by atomic mass is 16.5. The summed E-state index contributed by atoms with van der Waals surface area (Å²) in [7, 11) is 1.88. The minimum absolute atomic E-state index is 0.0391. The minimum Gasteiger partial charge on any atom is -0.462 e. The number of methoxy groups -OCH3 is 1. The number of allylic oxidation sites excluding steroid dienone is 2. The Morgan fingerprint density at radius 3 is 2.22 bits per heavy atom. The largest absolute Gasteiger partial charge is 0.462 e. The van der Waals surface area contributed by atoms with Gasteiger partial charge in [0.1, 0.15) is 6.10 Å². The second kappa shape index (κ2) is 9.65. The second-order valence-electron chi connectivity index (χ2n) is 15.3. The van der Waals surface area contributed by atoms with Gasteiger partial charge >= 0.3 is 5.97 Å². The van der Waals surface area contributed by atoms with Crippen molar-refractivity contribution in [2.45, 2.75) is 138 Å². The minimum atomic E-state index is -0.768. The molecule has 4 rings (SSSR count). The molecule has 4 fully saturated rings. The van der Waals surface area contributed by atoms with E-state index in [2.05, 4.69) is 54.5 Å². The Morgan fingerprint density at radius 1 is 0.973 bits per heavy atom. The van der Waals surface area contributed by atoms with Crippen LogP contribution in [0.3, 0.4) is 0 Å². The van der Waals surface area contributed by atoms with Crippen molar-refractivity contribution in [3.8, 4) is 0 Å². The average Bonchev–Trinajstić information content (AvgIpc) is 3.15. The molecule has 0 saturated heterocycles. The number of aliphatic hydroxyl groups is 1. The van der Waals surface area contributed by atoms with Crippen molar-refractivity contribution in [1.82, 2.24) is 0 Å². The van der Waals surface area contributed by atoms with Crippen LogP contribution >= 0.6 is 0 Å². The predicted octanol–water partition coefficient (Wildman–Crippen LogP) is 7.73. The van der Waals surface area contributed by atoms with Gasteiger partial charge in [-0.25, -0.2) is 0 Å². The van der Waals surface area contributed by atoms with Gasteiger partial charge in [-0.15, -0.1) is 0 Å². The fourth-order valence-electron chi connectivity index (χ4n) is 11.0. The van der Waals surface area contributed by atoms with Crippen LogP contribution in [-0.2, 0) is 14.3 Å². The molecule has 0 heterocycles. The van der Waals surface area contributed by atoms with Crippen molar-refractivity contribution in [1.29, 1.82) is 0 Å². The molecule has 0 aromatic rings. The van der Waals surface area contributed by atoms with E-state index >= 15 is 0 Å². The maximum Gasteiger partial charge on any atom is 0.302 e. The Labute approximate surface area is 227 Å². The Kier molecular flexibility index (Phi) is 7.59. The Bertz CT molecular complexity index is 900. The predicted molar refractivity (Wildman–Crippen MR) is 150 cm³/mol. The summed E-state index contributed by atoms with van der Waals surface area (Å²) in [5.74, 6) is 1.26. The van der Waals surface area contributed by atoms with Crippen molar-refractivity contribution in [2.75, 3.05) is 7.11 Å². The highest BCUT2D eigenvalue weighted by Gasteiger charge is 2.72. The van der Waals surface area contributed by atoms with E-state index in [1.54, 1.807) is 6.92 Å². The molecular weight excluding hydrogens is 460 g/mol. The summed E-state index contributed by atoms with van der Waals surface area (Å²) in [6.07, 6.45) is 11.8. The third-order valence-electron chi connectivity index (χ3n) is 12.9. The van der Waals surface area contributed by atoms with Gasteiger partial charge < -0.3 is 14.6 Å². The quantitative estimate of drug-likeness (QED) is 0.290. The van der Waals surface area contributed by atoms with E-state index in [4.69, 9.17) is 9.47 Å². The van der Waals surface area contributed by atoms with Gasteiger partial charge in [0.25, 0.3) is 0 Å². The molecular formula is C33H56O4. The SMILES string of the molecule is CO[C@H]1CCC2(C)C(CCC3(C)C2CC(OC(C)=O)C2C(C(C)(O)CCC=C(C)C)CCC23C)C1(C)C. The Balaban J connectivity index is 1.73. The zero-order valence-corrected chi connectivity index (χ0v) is 25.6. The summed E-state index contributed by atoms with van der Waals surface area (Å²) >= 11 is 0. The lowest BCUT2D eigenvalue weighted by Gasteiger charge is -2.70. The van der Waals surface area contributed by atoms with E-state index < -0.39 is 5.60 Å². The number of hydrogen-bond acceptors (Lipinski definition) is 4. The third-order valence-corrected chi connectivity index (χ3v) is 12.9. The van der Waals surface area contributed by atoms with Gasteiger partial charge in [-0.1, -0.05) is 46.3 Å². The second-order valence-corrected chi connectivity index (χ2v) is 15.3. The fraction of sp³-hybridized carbons (Fsp3) is 0.909. The molecule has 4 aliphatic rings. The van der Waals surface area contributed by atoms with Gasteiger partial charge in [0.2, 0.25) is 0 Å². The molecule has 0 amide bonds. The number of carbonyl (C=O) groups excluding carboxylic acids is 1. The molecule has 1 N–H and O–H groups in total. The van der Waals surface area contributed by atoms with E-state index in [1.165, 1.54) is 24.8 Å². The van der Waals surface area contributed by atoms with Gasteiger partial charge in [-0.3, -0.25) is 4.79 Å². The normalized spacial score (nSPS) is 46.1. The number of hydrogen-bond donors (Lipinski definition) is 1. The molecule has 0 spiro atoms. The van der Waals surface area contributed by atoms with Gasteiger partial charge in [0.15, 0.2) is 0 Å². The van der Waals surface area contributed by atoms with E-state index in [-0.39, 0.29) is 45.6 Å². The summed E-state index contributed by atoms with van der Waals surface area (Å²) in [4.78, 5) is 12.5. The van der Waals surface area contributed by atoms with Gasteiger partial charge in [0.05, 0.1) is 11.7 Å². The molecule has 212 valence electrons. The molecule has 0 aliphatic heterocycles. The fourth-order valence-corrected chi connectivity index (χ4v) is 11.0. The molecule has 0 bridgehead atoms. The van der Waals surface area contributed by atoms with Crippen LogP contribution in [0.15, 0.2) is 11.6 Å². The molecule has 4 heteroatoms. The van der Waals surface area contributed by atoms with Crippen molar-refractivity contribution in [3.63, 3.8) is 0 Å². The average molecular weight is 517 g/mol. The van der Waals surface area contributed by atoms with E-state index in [0.29, 0.717) is 17.9 Å². The lowest BCUT2D eigenvalue weighted by molar-refractivity contribution is -0.252. The summed E-state index contributed by atoms with van der Waals surface area (Å²) in [5.41, 5.74) is 1.06. The van der Waals surface area contributed by atoms with E-state index in [9.17, 15) is 9.90 Å². The monoisotopic (exact) mass is 516 g/mol. The zero-order chi connectivity index (χ0) is 27.6. The summed E-state index contributed by atoms with van der Waals surface area (Å²) < 4.78 is 12.3. The standard InChI is InChI=1S/C33H56O4/c1-21(2)12-11-16-33(9,35)23-13-18-32(8)28(23)24(37-22(3)34)20-26-30(6)17-15-27(36-10)29(4,5)25(30)14-19-31(26,32)7/h12,23-28,35H,11,13-20H2,1-10H3/t23?,24?,25?,26?,27-,28?,30?,31?,32?,33?/m0/s1. The summed E-state index contributed by atoms with van der Waals surface area (Å²) in [5, 5.41) is 11.9. The summed E-state index contributed by atoms with van der Waals surface area (Å²) in [6.45, 7) is 20.4. The van der Waals surface area contributed by atoms with Crippen LogP contribution in [0.1, 0.15) is 120 Å². The van der Waals surface area contributed by atoms with Gasteiger partial charge in [0, 0.05) is 20.0 Å². The molecule has 9 unspecified atom stereocenters. The smallest absolute Gasteiger partial charge is 0.302 e. The lowest BCUT2D eigenvalue weighted by Crippen LogP contribution is -2.67. The maximum atomic E-state index is 12.5. The first kappa shape index (κ1) is 29.1. The maximum absolute atomic E-state index is 12.5. The zero-order valence-electron chi connectivity index (χ0n) is 25.6. The van der Waals surface area contributed by atoms with Crippen molar-refractivity contribution < 1.29 is 19.4 Å². The molecule has 0 aromatic heterocycles. The lowest BCUT2D eigenvalue weighted by atomic mass is 9.35. The highest BCUT2D eigenvalue weighted by molar-refractivity contribution is 5.66. The van der Waals surface area contributed by atoms with Crippen LogP contribution in [0.2, 0.25) is 0 Å². The molecule has 37 heavy (non-hydrogen) atoms. The first-order valence-corrected chi connectivity index (χ1v) is 15.1. The van der Waals surface area contributed by atoms with Crippen LogP contribution in [0, 0.1) is 45.3 Å². The molecule has 10 atom stereocenters. The highest BCUT2D eigenvalue weighted by Crippen LogP contribution is 2.76. The molecule has 4 nitrogen and oxygen atoms in total. The number of fused-ring (bicyclic) bond motifs is 5. The van der Waals surface area contributed by atoms with Gasteiger partial charge in [-0.2, -0.15) is 0 Å². The summed E-state index contributed by atoms with van der Waals surface area (Å²) in [6, 6.07) is 0. The number of carbonyl (C=O) groups is 1. The Hall–Kier alpha value is -0.870. The Morgan fingerprint density at radius 2 is 1.62 bits per heavy atom. The topological polar surface area (TPSA) is 55.8 Å². The van der Waals surface area contributed by atoms with Crippen LogP contribution in [0.5, 0.6) is 0 Å². The van der Waals surface area contributed by atoms with Crippen LogP contribution in [0.4, 0.5) is 0 Å². The molecule has 4 saturated carbocycles. The van der Waals surface area contributed by atoms with Crippen LogP contribution in [-0.4, -0.2) is 36.0 Å². The van der Waals surface area contributed by atoms with Crippen molar-refractivity contribution in [2.24, 2.45) is 45.3 Å². The van der Waals surface area contributed by atoms with Crippen molar-refractivity contribution in [3.05, 3.63) is 11.6 Å². The number of esters is 1. The number of ether oxygens (including phenoxy) is 2. The first-order chi connectivity index (χ1) is 17.0. The van der Waals surface area contributed by atoms with Crippen LogP contribution in [0.25, 0.3) is 0 Å². The van der Waals surface area contributed by atoms with Crippen molar-refractivity contribution >= 4 is 5.97 Å². The molecule has 4 aliphatic carbocycles.